The molecular formula is C19H23NO3. The molecule has 0 fully saturated rings. The highest BCUT2D eigenvalue weighted by molar-refractivity contribution is 5.89. The van der Waals surface area contributed by atoms with Gasteiger partial charge in [0, 0.05) is 6.54 Å². The molecule has 0 radical (unpaired) electrons. The summed E-state index contributed by atoms with van der Waals surface area (Å²) in [6.07, 6.45) is -0.208. The Morgan fingerprint density at radius 3 is 2.39 bits per heavy atom. The lowest BCUT2D eigenvalue weighted by Crippen LogP contribution is -2.20. The van der Waals surface area contributed by atoms with Crippen LogP contribution in [0.5, 0.6) is 0 Å². The Morgan fingerprint density at radius 1 is 1.04 bits per heavy atom. The molecule has 4 heteroatoms. The van der Waals surface area contributed by atoms with Crippen molar-refractivity contribution in [2.24, 2.45) is 0 Å². The van der Waals surface area contributed by atoms with Crippen molar-refractivity contribution in [1.82, 2.24) is 4.90 Å². The molecule has 0 aliphatic rings. The molecule has 2 aromatic carbocycles. The number of benzene rings is 2. The van der Waals surface area contributed by atoms with Crippen LogP contribution in [0.4, 0.5) is 0 Å². The molecule has 0 saturated carbocycles. The fourth-order valence-electron chi connectivity index (χ4n) is 2.31. The minimum Gasteiger partial charge on any atom is -0.465 e. The van der Waals surface area contributed by atoms with Gasteiger partial charge >= 0.3 is 5.97 Å². The normalized spacial score (nSPS) is 12.2. The van der Waals surface area contributed by atoms with E-state index in [0.29, 0.717) is 12.2 Å². The number of ether oxygens (including phenoxy) is 2. The number of hydrogen-bond donors (Lipinski definition) is 0. The molecule has 0 aliphatic heterocycles. The van der Waals surface area contributed by atoms with E-state index in [1.165, 1.54) is 7.11 Å². The minimum absolute atomic E-state index is 0.208. The number of nitrogens with zero attached hydrogens (tertiary/aromatic N) is 1. The van der Waals surface area contributed by atoms with E-state index >= 15 is 0 Å². The lowest BCUT2D eigenvalue weighted by atomic mass is 9.99. The van der Waals surface area contributed by atoms with Crippen molar-refractivity contribution in [3.8, 4) is 0 Å². The van der Waals surface area contributed by atoms with Gasteiger partial charge in [-0.15, -0.1) is 0 Å². The largest absolute Gasteiger partial charge is 0.465 e. The zero-order chi connectivity index (χ0) is 16.7. The molecule has 122 valence electrons. The van der Waals surface area contributed by atoms with Gasteiger partial charge in [0.25, 0.3) is 0 Å². The van der Waals surface area contributed by atoms with Crippen LogP contribution in [0.1, 0.15) is 27.6 Å². The molecule has 0 heterocycles. The van der Waals surface area contributed by atoms with Crippen LogP contribution in [-0.2, 0) is 9.47 Å². The van der Waals surface area contributed by atoms with Crippen LogP contribution >= 0.6 is 0 Å². The SMILES string of the molecule is COC(=O)c1cccc(C(OCCN(C)C)c2ccccc2)c1. The van der Waals surface area contributed by atoms with Crippen molar-refractivity contribution in [2.45, 2.75) is 6.10 Å². The first kappa shape index (κ1) is 17.2. The molecule has 1 unspecified atom stereocenters. The molecule has 23 heavy (non-hydrogen) atoms. The molecule has 1 atom stereocenters. The highest BCUT2D eigenvalue weighted by atomic mass is 16.5. The van der Waals surface area contributed by atoms with Crippen LogP contribution in [-0.4, -0.2) is 45.2 Å². The molecule has 0 aliphatic carbocycles. The quantitative estimate of drug-likeness (QED) is 0.736. The summed E-state index contributed by atoms with van der Waals surface area (Å²) >= 11 is 0. The van der Waals surface area contributed by atoms with Crippen molar-refractivity contribution < 1.29 is 14.3 Å². The third-order valence-corrected chi connectivity index (χ3v) is 3.54. The van der Waals surface area contributed by atoms with Gasteiger partial charge in [-0.1, -0.05) is 42.5 Å². The van der Waals surface area contributed by atoms with E-state index in [1.54, 1.807) is 6.07 Å². The fraction of sp³-hybridized carbons (Fsp3) is 0.316. The second-order valence-electron chi connectivity index (χ2n) is 5.58. The first-order valence-corrected chi connectivity index (χ1v) is 7.61. The molecule has 0 saturated heterocycles. The highest BCUT2D eigenvalue weighted by Crippen LogP contribution is 2.26. The zero-order valence-corrected chi connectivity index (χ0v) is 13.9. The Morgan fingerprint density at radius 2 is 1.74 bits per heavy atom. The van der Waals surface area contributed by atoms with Gasteiger partial charge in [-0.05, 0) is 37.4 Å². The van der Waals surface area contributed by atoms with E-state index in [-0.39, 0.29) is 12.1 Å². The summed E-state index contributed by atoms with van der Waals surface area (Å²) in [4.78, 5) is 13.8. The molecule has 0 spiro atoms. The first-order valence-electron chi connectivity index (χ1n) is 7.61. The molecule has 0 aromatic heterocycles. The molecule has 2 aromatic rings. The summed E-state index contributed by atoms with van der Waals surface area (Å²) in [7, 11) is 5.41. The molecule has 4 nitrogen and oxygen atoms in total. The lowest BCUT2D eigenvalue weighted by molar-refractivity contribution is 0.0597. The van der Waals surface area contributed by atoms with E-state index in [0.717, 1.165) is 17.7 Å². The Kier molecular flexibility index (Phi) is 6.32. The zero-order valence-electron chi connectivity index (χ0n) is 13.9. The Labute approximate surface area is 137 Å². The van der Waals surface area contributed by atoms with Crippen molar-refractivity contribution in [3.05, 3.63) is 71.3 Å². The predicted octanol–water partition coefficient (Wildman–Crippen LogP) is 3.14. The average Bonchev–Trinajstić information content (AvgIpc) is 2.58. The Bertz CT molecular complexity index is 626. The smallest absolute Gasteiger partial charge is 0.337 e. The number of carbonyl (C=O) groups excluding carboxylic acids is 1. The molecule has 2 rings (SSSR count). The van der Waals surface area contributed by atoms with Crippen LogP contribution < -0.4 is 0 Å². The maximum Gasteiger partial charge on any atom is 0.337 e. The Balaban J connectivity index is 2.28. The first-order chi connectivity index (χ1) is 11.1. The monoisotopic (exact) mass is 313 g/mol. The van der Waals surface area contributed by atoms with Gasteiger partial charge < -0.3 is 14.4 Å². The van der Waals surface area contributed by atoms with Crippen molar-refractivity contribution in [3.63, 3.8) is 0 Å². The summed E-state index contributed by atoms with van der Waals surface area (Å²) in [5.41, 5.74) is 2.54. The second-order valence-corrected chi connectivity index (χ2v) is 5.58. The number of methoxy groups -OCH3 is 1. The van der Waals surface area contributed by atoms with Crippen LogP contribution in [0.2, 0.25) is 0 Å². The van der Waals surface area contributed by atoms with Gasteiger partial charge in [-0.3, -0.25) is 0 Å². The third kappa shape index (κ3) is 4.91. The van der Waals surface area contributed by atoms with Gasteiger partial charge in [0.1, 0.15) is 6.10 Å². The van der Waals surface area contributed by atoms with Gasteiger partial charge in [-0.25, -0.2) is 4.79 Å². The van der Waals surface area contributed by atoms with Gasteiger partial charge in [0.2, 0.25) is 0 Å². The Hall–Kier alpha value is -2.17. The topological polar surface area (TPSA) is 38.8 Å². The standard InChI is InChI=1S/C19H23NO3/c1-20(2)12-13-23-18(15-8-5-4-6-9-15)16-10-7-11-17(14-16)19(21)22-3/h4-11,14,18H,12-13H2,1-3H3. The average molecular weight is 313 g/mol. The van der Waals surface area contributed by atoms with Gasteiger partial charge in [0.05, 0.1) is 19.3 Å². The number of esters is 1. The third-order valence-electron chi connectivity index (χ3n) is 3.54. The van der Waals surface area contributed by atoms with E-state index in [4.69, 9.17) is 9.47 Å². The maximum atomic E-state index is 11.8. The van der Waals surface area contributed by atoms with Crippen molar-refractivity contribution >= 4 is 5.97 Å². The van der Waals surface area contributed by atoms with Crippen LogP contribution in [0.25, 0.3) is 0 Å². The van der Waals surface area contributed by atoms with E-state index < -0.39 is 0 Å². The summed E-state index contributed by atoms with van der Waals surface area (Å²) in [6, 6.07) is 17.4. The molecule has 0 N–H and O–H groups in total. The van der Waals surface area contributed by atoms with Crippen LogP contribution in [0.3, 0.4) is 0 Å². The van der Waals surface area contributed by atoms with Gasteiger partial charge in [0.15, 0.2) is 0 Å². The maximum absolute atomic E-state index is 11.8. The van der Waals surface area contributed by atoms with E-state index in [9.17, 15) is 4.79 Å². The second kappa shape index (κ2) is 8.46. The highest BCUT2D eigenvalue weighted by Gasteiger charge is 2.16. The predicted molar refractivity (Wildman–Crippen MR) is 90.6 cm³/mol. The van der Waals surface area contributed by atoms with E-state index in [1.807, 2.05) is 62.6 Å². The van der Waals surface area contributed by atoms with E-state index in [2.05, 4.69) is 4.90 Å². The summed E-state index contributed by atoms with van der Waals surface area (Å²) in [5.74, 6) is -0.341. The number of rotatable bonds is 7. The van der Waals surface area contributed by atoms with Crippen molar-refractivity contribution in [1.29, 1.82) is 0 Å². The fourth-order valence-corrected chi connectivity index (χ4v) is 2.31. The summed E-state index contributed by atoms with van der Waals surface area (Å²) in [6.45, 7) is 1.44. The number of likely N-dealkylation sites (N-methyl/N-ethyl adjacent to an activating group) is 1. The van der Waals surface area contributed by atoms with Crippen molar-refractivity contribution in [2.75, 3.05) is 34.4 Å². The molecule has 0 amide bonds. The summed E-state index contributed by atoms with van der Waals surface area (Å²) < 4.78 is 10.9. The molecule has 0 bridgehead atoms. The van der Waals surface area contributed by atoms with Crippen LogP contribution in [0.15, 0.2) is 54.6 Å². The number of carbonyl (C=O) groups is 1. The van der Waals surface area contributed by atoms with Crippen LogP contribution in [0, 0.1) is 0 Å². The lowest BCUT2D eigenvalue weighted by Gasteiger charge is -2.20. The van der Waals surface area contributed by atoms with Gasteiger partial charge in [-0.2, -0.15) is 0 Å². The number of hydrogen-bond acceptors (Lipinski definition) is 4. The minimum atomic E-state index is -0.341. The summed E-state index contributed by atoms with van der Waals surface area (Å²) in [5, 5.41) is 0. The molecular weight excluding hydrogens is 290 g/mol.